The molecule has 0 unspecified atom stereocenters. The van der Waals surface area contributed by atoms with E-state index < -0.39 is 15.4 Å². The van der Waals surface area contributed by atoms with Gasteiger partial charge in [-0.05, 0) is 62.4 Å². The van der Waals surface area contributed by atoms with Gasteiger partial charge in [0.1, 0.15) is 10.6 Å². The first-order chi connectivity index (χ1) is 17.1. The van der Waals surface area contributed by atoms with Crippen LogP contribution in [-0.4, -0.2) is 81.4 Å². The molecule has 2 saturated heterocycles. The highest BCUT2D eigenvalue weighted by atomic mass is 35.5. The van der Waals surface area contributed by atoms with E-state index in [0.717, 1.165) is 13.1 Å². The molecule has 0 N–H and O–H groups in total. The van der Waals surface area contributed by atoms with E-state index in [0.29, 0.717) is 43.2 Å². The van der Waals surface area contributed by atoms with Gasteiger partial charge in [0.2, 0.25) is 15.9 Å². The molecule has 1 amide bonds. The summed E-state index contributed by atoms with van der Waals surface area (Å²) in [7, 11) is -1.89. The summed E-state index contributed by atoms with van der Waals surface area (Å²) < 4.78 is 34.7. The van der Waals surface area contributed by atoms with E-state index in [1.165, 1.54) is 16.4 Å². The zero-order valence-electron chi connectivity index (χ0n) is 20.1. The van der Waals surface area contributed by atoms with Crippen LogP contribution in [0.15, 0.2) is 47.4 Å². The average Bonchev–Trinajstić information content (AvgIpc) is 2.85. The first kappa shape index (κ1) is 27.5. The minimum atomic E-state index is -3.93. The Hall–Kier alpha value is -1.55. The number of benzene rings is 2. The van der Waals surface area contributed by atoms with Gasteiger partial charge in [0.25, 0.3) is 0 Å². The third kappa shape index (κ3) is 6.47. The minimum Gasteiger partial charge on any atom is -0.493 e. The highest BCUT2D eigenvalue weighted by Crippen LogP contribution is 2.39. The standard InChI is InChI=1S/C25H30Cl3N3O4S/c1-29-11-13-30(14-12-29)24(32)16-25(18-35-21-6-3-19(26)4-7-21)9-2-10-31(17-25)36(33,34)23-15-20(27)5-8-22(23)28/h3-8,15H,2,9-14,16-18H2,1H3/t25-/m1/s1. The fourth-order valence-electron chi connectivity index (χ4n) is 4.75. The molecule has 0 spiro atoms. The first-order valence-electron chi connectivity index (χ1n) is 11.9. The summed E-state index contributed by atoms with van der Waals surface area (Å²) in [5, 5.41) is 0.995. The quantitative estimate of drug-likeness (QED) is 0.481. The molecule has 0 radical (unpaired) electrons. The highest BCUT2D eigenvalue weighted by molar-refractivity contribution is 7.89. The zero-order valence-corrected chi connectivity index (χ0v) is 23.2. The third-order valence-electron chi connectivity index (χ3n) is 6.88. The van der Waals surface area contributed by atoms with E-state index >= 15 is 0 Å². The number of carbonyl (C=O) groups excluding carboxylic acids is 1. The molecule has 36 heavy (non-hydrogen) atoms. The van der Waals surface area contributed by atoms with Crippen molar-refractivity contribution in [3.63, 3.8) is 0 Å². The summed E-state index contributed by atoms with van der Waals surface area (Å²) in [4.78, 5) is 17.4. The molecule has 2 aliphatic heterocycles. The first-order valence-corrected chi connectivity index (χ1v) is 14.5. The molecule has 4 rings (SSSR count). The second-order valence-corrected chi connectivity index (χ2v) is 12.8. The molecule has 2 fully saturated rings. The van der Waals surface area contributed by atoms with Gasteiger partial charge in [-0.25, -0.2) is 8.42 Å². The lowest BCUT2D eigenvalue weighted by atomic mass is 9.78. The molecule has 2 heterocycles. The summed E-state index contributed by atoms with van der Waals surface area (Å²) in [6.45, 7) is 3.61. The molecule has 7 nitrogen and oxygen atoms in total. The SMILES string of the molecule is CN1CCN(C(=O)C[C@]2(COc3ccc(Cl)cc3)CCCN(S(=O)(=O)c3cc(Cl)ccc3Cl)C2)CC1. The molecule has 2 aromatic rings. The number of likely N-dealkylation sites (N-methyl/N-ethyl adjacent to an activating group) is 1. The average molecular weight is 575 g/mol. The monoisotopic (exact) mass is 573 g/mol. The Morgan fingerprint density at radius 2 is 1.64 bits per heavy atom. The second kappa shape index (κ2) is 11.5. The Morgan fingerprint density at radius 3 is 2.33 bits per heavy atom. The number of nitrogens with zero attached hydrogens (tertiary/aromatic N) is 3. The number of piperazine rings is 1. The minimum absolute atomic E-state index is 0.0165. The Labute approximate surface area is 227 Å². The van der Waals surface area contributed by atoms with Crippen LogP contribution in [0.25, 0.3) is 0 Å². The van der Waals surface area contributed by atoms with Crippen molar-refractivity contribution in [2.45, 2.75) is 24.2 Å². The van der Waals surface area contributed by atoms with Crippen molar-refractivity contribution in [3.8, 4) is 5.75 Å². The lowest BCUT2D eigenvalue weighted by molar-refractivity contribution is -0.136. The fourth-order valence-corrected chi connectivity index (χ4v) is 7.21. The van der Waals surface area contributed by atoms with Crippen molar-refractivity contribution >= 4 is 50.7 Å². The lowest BCUT2D eigenvalue weighted by Gasteiger charge is -2.43. The summed E-state index contributed by atoms with van der Waals surface area (Å²) in [5.41, 5.74) is -0.698. The Balaban J connectivity index is 1.59. The van der Waals surface area contributed by atoms with E-state index in [2.05, 4.69) is 4.90 Å². The maximum absolute atomic E-state index is 13.6. The molecule has 11 heteroatoms. The van der Waals surface area contributed by atoms with Crippen molar-refractivity contribution in [3.05, 3.63) is 57.5 Å². The van der Waals surface area contributed by atoms with Gasteiger partial charge in [-0.3, -0.25) is 4.79 Å². The molecule has 0 aliphatic carbocycles. The summed E-state index contributed by atoms with van der Waals surface area (Å²) >= 11 is 18.3. The van der Waals surface area contributed by atoms with Crippen LogP contribution in [0.4, 0.5) is 0 Å². The molecule has 196 valence electrons. The van der Waals surface area contributed by atoms with E-state index in [4.69, 9.17) is 39.5 Å². The van der Waals surface area contributed by atoms with Crippen LogP contribution < -0.4 is 4.74 Å². The number of ether oxygens (including phenoxy) is 1. The number of rotatable bonds is 7. The molecule has 1 atom stereocenters. The number of halogens is 3. The molecular formula is C25H30Cl3N3O4S. The smallest absolute Gasteiger partial charge is 0.244 e. The van der Waals surface area contributed by atoms with Crippen LogP contribution in [0.2, 0.25) is 15.1 Å². The van der Waals surface area contributed by atoms with E-state index in [1.54, 1.807) is 30.3 Å². The maximum Gasteiger partial charge on any atom is 0.244 e. The van der Waals surface area contributed by atoms with E-state index in [1.807, 2.05) is 11.9 Å². The van der Waals surface area contributed by atoms with Crippen molar-refractivity contribution in [2.24, 2.45) is 5.41 Å². The number of sulfonamides is 1. The maximum atomic E-state index is 13.6. The number of amides is 1. The Kier molecular flexibility index (Phi) is 8.75. The van der Waals surface area contributed by atoms with Gasteiger partial charge in [-0.2, -0.15) is 4.31 Å². The van der Waals surface area contributed by atoms with Gasteiger partial charge in [0, 0.05) is 61.1 Å². The largest absolute Gasteiger partial charge is 0.493 e. The lowest BCUT2D eigenvalue weighted by Crippen LogP contribution is -2.53. The van der Waals surface area contributed by atoms with Crippen molar-refractivity contribution in [2.75, 3.05) is 52.9 Å². The Bertz CT molecular complexity index is 1190. The molecule has 0 saturated carbocycles. The van der Waals surface area contributed by atoms with Gasteiger partial charge in [0.05, 0.1) is 11.6 Å². The van der Waals surface area contributed by atoms with Crippen molar-refractivity contribution in [1.82, 2.24) is 14.1 Å². The van der Waals surface area contributed by atoms with Gasteiger partial charge in [0.15, 0.2) is 0 Å². The molecular weight excluding hydrogens is 545 g/mol. The number of hydrogen-bond donors (Lipinski definition) is 0. The predicted molar refractivity (Wildman–Crippen MR) is 143 cm³/mol. The van der Waals surface area contributed by atoms with Gasteiger partial charge in [-0.15, -0.1) is 0 Å². The molecule has 0 bridgehead atoms. The van der Waals surface area contributed by atoms with Crippen LogP contribution in [-0.2, 0) is 14.8 Å². The second-order valence-electron chi connectivity index (χ2n) is 9.62. The summed E-state index contributed by atoms with van der Waals surface area (Å²) in [6, 6.07) is 11.4. The highest BCUT2D eigenvalue weighted by Gasteiger charge is 2.43. The van der Waals surface area contributed by atoms with Crippen molar-refractivity contribution in [1.29, 1.82) is 0 Å². The van der Waals surface area contributed by atoms with Gasteiger partial charge in [-0.1, -0.05) is 34.8 Å². The van der Waals surface area contributed by atoms with Crippen LogP contribution in [0.3, 0.4) is 0 Å². The summed E-state index contributed by atoms with van der Waals surface area (Å²) in [5.74, 6) is 0.631. The van der Waals surface area contributed by atoms with Crippen LogP contribution >= 0.6 is 34.8 Å². The van der Waals surface area contributed by atoms with Gasteiger partial charge < -0.3 is 14.5 Å². The van der Waals surface area contributed by atoms with Gasteiger partial charge >= 0.3 is 0 Å². The fraction of sp³-hybridized carbons (Fsp3) is 0.480. The molecule has 2 aromatic carbocycles. The zero-order chi connectivity index (χ0) is 25.9. The summed E-state index contributed by atoms with van der Waals surface area (Å²) in [6.07, 6.45) is 1.45. The number of piperidine rings is 1. The number of hydrogen-bond acceptors (Lipinski definition) is 5. The Morgan fingerprint density at radius 1 is 0.972 bits per heavy atom. The van der Waals surface area contributed by atoms with E-state index in [-0.39, 0.29) is 40.4 Å². The van der Waals surface area contributed by atoms with Crippen LogP contribution in [0, 0.1) is 5.41 Å². The van der Waals surface area contributed by atoms with Crippen molar-refractivity contribution < 1.29 is 17.9 Å². The molecule has 0 aromatic heterocycles. The van der Waals surface area contributed by atoms with E-state index in [9.17, 15) is 13.2 Å². The normalized spacial score (nSPS) is 21.9. The predicted octanol–water partition coefficient (Wildman–Crippen LogP) is 4.66. The number of carbonyl (C=O) groups is 1. The van der Waals surface area contributed by atoms with Crippen LogP contribution in [0.5, 0.6) is 5.75 Å². The topological polar surface area (TPSA) is 70.2 Å². The van der Waals surface area contributed by atoms with Crippen LogP contribution in [0.1, 0.15) is 19.3 Å². The third-order valence-corrected chi connectivity index (χ3v) is 9.69. The molecule has 2 aliphatic rings.